The van der Waals surface area contributed by atoms with Crippen molar-refractivity contribution in [3.05, 3.63) is 57.9 Å². The molecule has 0 saturated heterocycles. The standard InChI is InChI=1S/C32H45F5INO2SSi/c1-19(2)28-26-27(25-22(39-28)17-31(6,7)18-23(25)41-43(8,9)30(3,4)5)32(16-10-11-24(32)38)40-29(26)20-12-14-21(15-13-20)42(33,34,35,36)37/h12-15,19,23-24,29H,10-11,16-18H2,1-9H3/t23-,24?,29+,32?/m0/s1. The van der Waals surface area contributed by atoms with E-state index in [1.54, 1.807) is 0 Å². The van der Waals surface area contributed by atoms with E-state index in [-0.39, 0.29) is 26.4 Å². The van der Waals surface area contributed by atoms with Gasteiger partial charge in [-0.05, 0) is 79.3 Å². The van der Waals surface area contributed by atoms with Crippen molar-refractivity contribution in [3.63, 3.8) is 0 Å². The van der Waals surface area contributed by atoms with E-state index in [4.69, 9.17) is 14.1 Å². The van der Waals surface area contributed by atoms with Gasteiger partial charge in [0.2, 0.25) is 0 Å². The molecule has 1 aromatic heterocycles. The van der Waals surface area contributed by atoms with Gasteiger partial charge >= 0.3 is 10.2 Å². The maximum Gasteiger partial charge on any atom is 0.310 e. The molecule has 2 aliphatic carbocycles. The normalized spacial score (nSPS) is 29.0. The Labute approximate surface area is 268 Å². The number of fused-ring (bicyclic) bond motifs is 4. The second kappa shape index (κ2) is 9.64. The van der Waals surface area contributed by atoms with Gasteiger partial charge in [0.15, 0.2) is 8.32 Å². The summed E-state index contributed by atoms with van der Waals surface area (Å²) in [6, 6.07) is 3.34. The summed E-state index contributed by atoms with van der Waals surface area (Å²) in [5, 5.41) is -0.0102. The molecule has 1 spiro atoms. The monoisotopic (exact) mass is 757 g/mol. The van der Waals surface area contributed by atoms with E-state index in [2.05, 4.69) is 84.2 Å². The quantitative estimate of drug-likeness (QED) is 0.132. The van der Waals surface area contributed by atoms with Crippen molar-refractivity contribution >= 4 is 41.1 Å². The first-order chi connectivity index (χ1) is 19.3. The van der Waals surface area contributed by atoms with Crippen LogP contribution < -0.4 is 0 Å². The highest BCUT2D eigenvalue weighted by Gasteiger charge is 2.65. The number of nitrogens with zero attached hydrogens (tertiary/aromatic N) is 1. The summed E-state index contributed by atoms with van der Waals surface area (Å²) in [5.74, 6) is 0.0168. The van der Waals surface area contributed by atoms with Crippen molar-refractivity contribution in [2.45, 2.75) is 131 Å². The Kier molecular flexibility index (Phi) is 7.53. The molecular formula is C32H45F5INO2SSi. The second-order valence-corrected chi connectivity index (χ2v) is 24.2. The molecule has 0 amide bonds. The molecule has 5 rings (SSSR count). The predicted octanol–water partition coefficient (Wildman–Crippen LogP) is 12.2. The van der Waals surface area contributed by atoms with Gasteiger partial charge in [-0.1, -0.05) is 103 Å². The second-order valence-electron chi connectivity index (χ2n) is 15.5. The molecule has 242 valence electrons. The highest BCUT2D eigenvalue weighted by molar-refractivity contribution is 14.1. The maximum absolute atomic E-state index is 13.6. The van der Waals surface area contributed by atoms with Gasteiger partial charge in [-0.15, -0.1) is 0 Å². The molecule has 1 aliphatic heterocycles. The van der Waals surface area contributed by atoms with Crippen molar-refractivity contribution in [2.24, 2.45) is 5.41 Å². The number of hydrogen-bond donors (Lipinski definition) is 0. The Balaban J connectivity index is 1.78. The van der Waals surface area contributed by atoms with Gasteiger partial charge in [-0.2, -0.15) is 0 Å². The van der Waals surface area contributed by atoms with E-state index in [0.717, 1.165) is 72.3 Å². The number of benzene rings is 1. The largest absolute Gasteiger partial charge is 0.410 e. The van der Waals surface area contributed by atoms with Crippen LogP contribution in [0.2, 0.25) is 18.1 Å². The Morgan fingerprint density at radius 2 is 1.65 bits per heavy atom. The van der Waals surface area contributed by atoms with Crippen LogP contribution in [0.1, 0.15) is 126 Å². The van der Waals surface area contributed by atoms with E-state index in [1.165, 1.54) is 0 Å². The molecule has 3 nitrogen and oxygen atoms in total. The average molecular weight is 758 g/mol. The first kappa shape index (κ1) is 33.6. The third-order valence-corrected chi connectivity index (χ3v) is 17.3. The van der Waals surface area contributed by atoms with Crippen molar-refractivity contribution in [1.82, 2.24) is 4.98 Å². The maximum atomic E-state index is 13.6. The van der Waals surface area contributed by atoms with E-state index in [0.29, 0.717) is 17.7 Å². The van der Waals surface area contributed by atoms with Gasteiger partial charge < -0.3 is 9.16 Å². The van der Waals surface area contributed by atoms with Gasteiger partial charge in [0.25, 0.3) is 0 Å². The number of ether oxygens (including phenoxy) is 1. The third-order valence-electron chi connectivity index (χ3n) is 10.0. The molecule has 1 aromatic carbocycles. The fourth-order valence-electron chi connectivity index (χ4n) is 6.90. The average Bonchev–Trinajstić information content (AvgIpc) is 3.36. The number of aromatic nitrogens is 1. The fraction of sp³-hybridized carbons (Fsp3) is 0.656. The van der Waals surface area contributed by atoms with Crippen molar-refractivity contribution < 1.29 is 28.6 Å². The zero-order chi connectivity index (χ0) is 32.2. The molecule has 43 heavy (non-hydrogen) atoms. The Bertz CT molecular complexity index is 1440. The molecular weight excluding hydrogens is 712 g/mol. The highest BCUT2D eigenvalue weighted by atomic mass is 127. The zero-order valence-electron chi connectivity index (χ0n) is 26.6. The van der Waals surface area contributed by atoms with Gasteiger partial charge in [-0.25, -0.2) is 0 Å². The summed E-state index contributed by atoms with van der Waals surface area (Å²) in [6.45, 7) is 19.9. The highest BCUT2D eigenvalue weighted by Crippen LogP contribution is 3.02. The van der Waals surface area contributed by atoms with Crippen LogP contribution >= 0.6 is 32.8 Å². The van der Waals surface area contributed by atoms with Gasteiger partial charge in [0, 0.05) is 32.0 Å². The van der Waals surface area contributed by atoms with Crippen LogP contribution in [-0.4, -0.2) is 17.2 Å². The summed E-state index contributed by atoms with van der Waals surface area (Å²) in [7, 11) is -12.0. The molecule has 2 aromatic rings. The topological polar surface area (TPSA) is 31.4 Å². The summed E-state index contributed by atoms with van der Waals surface area (Å²) in [5.41, 5.74) is 4.71. The SMILES string of the molecule is CC(C)c1nc2c(c3c1[C@@H](c1ccc(S(F)(F)(F)(F)F)cc1)OC31CCCC1I)[C@@H](O[Si](C)(C)C(C)(C)C)CC(C)(C)C2. The first-order valence-corrected chi connectivity index (χ1v) is 21.3. The molecule has 2 heterocycles. The Morgan fingerprint density at radius 1 is 1.05 bits per heavy atom. The number of pyridine rings is 1. The molecule has 11 heteroatoms. The minimum Gasteiger partial charge on any atom is -0.410 e. The van der Waals surface area contributed by atoms with Crippen LogP contribution in [0.4, 0.5) is 19.4 Å². The van der Waals surface area contributed by atoms with Crippen LogP contribution in [-0.2, 0) is 21.2 Å². The summed E-state index contributed by atoms with van der Waals surface area (Å²) >= 11 is 2.47. The van der Waals surface area contributed by atoms with Crippen molar-refractivity contribution in [2.75, 3.05) is 0 Å². The van der Waals surface area contributed by atoms with Crippen LogP contribution in [0, 0.1) is 5.41 Å². The molecule has 1 saturated carbocycles. The van der Waals surface area contributed by atoms with Crippen LogP contribution in [0.5, 0.6) is 0 Å². The van der Waals surface area contributed by atoms with Crippen molar-refractivity contribution in [3.8, 4) is 0 Å². The lowest BCUT2D eigenvalue weighted by Gasteiger charge is -2.45. The van der Waals surface area contributed by atoms with Crippen molar-refractivity contribution in [1.29, 1.82) is 0 Å². The molecule has 0 N–H and O–H groups in total. The number of rotatable bonds is 5. The molecule has 2 unspecified atom stereocenters. The Morgan fingerprint density at radius 3 is 2.14 bits per heavy atom. The smallest absolute Gasteiger partial charge is 0.310 e. The fourth-order valence-corrected chi connectivity index (χ4v) is 10.0. The molecule has 0 bridgehead atoms. The molecule has 1 fully saturated rings. The number of hydrogen-bond acceptors (Lipinski definition) is 3. The number of alkyl halides is 1. The molecule has 4 atom stereocenters. The summed E-state index contributed by atoms with van der Waals surface area (Å²) in [4.78, 5) is 3.43. The third kappa shape index (κ3) is 5.96. The van der Waals surface area contributed by atoms with Crippen LogP contribution in [0.3, 0.4) is 0 Å². The first-order valence-electron chi connectivity index (χ1n) is 15.2. The lowest BCUT2D eigenvalue weighted by molar-refractivity contribution is -0.0515. The van der Waals surface area contributed by atoms with E-state index < -0.39 is 35.1 Å². The number of halogens is 6. The summed E-state index contributed by atoms with van der Waals surface area (Å²) < 4.78 is 82.5. The predicted molar refractivity (Wildman–Crippen MR) is 176 cm³/mol. The molecule has 3 aliphatic rings. The zero-order valence-corrected chi connectivity index (χ0v) is 30.6. The van der Waals surface area contributed by atoms with E-state index in [9.17, 15) is 19.4 Å². The van der Waals surface area contributed by atoms with E-state index in [1.807, 2.05) is 0 Å². The Hall–Kier alpha value is -0.763. The minimum atomic E-state index is -9.81. The lowest BCUT2D eigenvalue weighted by atomic mass is 9.70. The van der Waals surface area contributed by atoms with Gasteiger partial charge in [-0.3, -0.25) is 4.98 Å². The summed E-state index contributed by atoms with van der Waals surface area (Å²) in [6.07, 6.45) is 3.39. The minimum absolute atomic E-state index is 0.0102. The van der Waals surface area contributed by atoms with Crippen LogP contribution in [0.25, 0.3) is 0 Å². The van der Waals surface area contributed by atoms with Gasteiger partial charge in [0.05, 0.1) is 6.10 Å². The van der Waals surface area contributed by atoms with Crippen LogP contribution in [0.15, 0.2) is 29.2 Å². The van der Waals surface area contributed by atoms with Gasteiger partial charge in [0.1, 0.15) is 16.6 Å². The van der Waals surface area contributed by atoms with E-state index >= 15 is 0 Å². The lowest BCUT2D eigenvalue weighted by Crippen LogP contribution is -2.44. The molecule has 0 radical (unpaired) electrons.